The van der Waals surface area contributed by atoms with Gasteiger partial charge in [-0.3, -0.25) is 14.5 Å². The maximum atomic E-state index is 11.9. The van der Waals surface area contributed by atoms with E-state index in [2.05, 4.69) is 6.58 Å². The third-order valence-electron chi connectivity index (χ3n) is 2.57. The highest BCUT2D eigenvalue weighted by atomic mass is 16.2. The molecule has 0 aliphatic carbocycles. The predicted octanol–water partition coefficient (Wildman–Crippen LogP) is 1.86. The van der Waals surface area contributed by atoms with Crippen molar-refractivity contribution in [1.29, 1.82) is 0 Å². The first kappa shape index (κ1) is 9.65. The molecule has 0 unspecified atom stereocenters. The SMILES string of the molecule is C=C[C@@H](C)N1C(=O)c2ccccc2C1=O. The van der Waals surface area contributed by atoms with Crippen LogP contribution >= 0.6 is 0 Å². The summed E-state index contributed by atoms with van der Waals surface area (Å²) >= 11 is 0. The molecule has 0 saturated carbocycles. The van der Waals surface area contributed by atoms with E-state index in [4.69, 9.17) is 0 Å². The molecule has 76 valence electrons. The maximum absolute atomic E-state index is 11.9. The van der Waals surface area contributed by atoms with Gasteiger partial charge in [0.2, 0.25) is 0 Å². The lowest BCUT2D eigenvalue weighted by molar-refractivity contribution is 0.0625. The second-order valence-electron chi connectivity index (χ2n) is 3.50. The molecule has 1 aliphatic rings. The van der Waals surface area contributed by atoms with Gasteiger partial charge in [0, 0.05) is 0 Å². The van der Waals surface area contributed by atoms with Crippen LogP contribution in [0.3, 0.4) is 0 Å². The number of fused-ring (bicyclic) bond motifs is 1. The van der Waals surface area contributed by atoms with Gasteiger partial charge in [-0.05, 0) is 19.1 Å². The smallest absolute Gasteiger partial charge is 0.262 e. The summed E-state index contributed by atoms with van der Waals surface area (Å²) in [5.74, 6) is -0.467. The van der Waals surface area contributed by atoms with Crippen molar-refractivity contribution in [3.63, 3.8) is 0 Å². The number of rotatable bonds is 2. The summed E-state index contributed by atoms with van der Waals surface area (Å²) in [6.07, 6.45) is 1.58. The average molecular weight is 201 g/mol. The Balaban J connectivity index is 2.50. The lowest BCUT2D eigenvalue weighted by atomic mass is 10.1. The standard InChI is InChI=1S/C12H11NO2/c1-3-8(2)13-11(14)9-6-4-5-7-10(9)12(13)15/h3-8H,1H2,2H3/t8-/m1/s1. The van der Waals surface area contributed by atoms with Gasteiger partial charge in [-0.2, -0.15) is 0 Å². The molecule has 0 saturated heterocycles. The Morgan fingerprint density at radius 2 is 1.67 bits per heavy atom. The Labute approximate surface area is 88.0 Å². The minimum atomic E-state index is -0.266. The quantitative estimate of drug-likeness (QED) is 0.541. The van der Waals surface area contributed by atoms with Crippen molar-refractivity contribution < 1.29 is 9.59 Å². The third-order valence-corrected chi connectivity index (χ3v) is 2.57. The molecule has 2 amide bonds. The number of amides is 2. The van der Waals surface area contributed by atoms with E-state index in [1.165, 1.54) is 4.90 Å². The van der Waals surface area contributed by atoms with Crippen molar-refractivity contribution in [1.82, 2.24) is 4.90 Å². The van der Waals surface area contributed by atoms with Crippen LogP contribution in [0.25, 0.3) is 0 Å². The van der Waals surface area contributed by atoms with Crippen LogP contribution in [0, 0.1) is 0 Å². The van der Waals surface area contributed by atoms with E-state index < -0.39 is 0 Å². The van der Waals surface area contributed by atoms with E-state index in [-0.39, 0.29) is 17.9 Å². The Hall–Kier alpha value is -1.90. The van der Waals surface area contributed by atoms with E-state index in [1.54, 1.807) is 37.3 Å². The zero-order valence-corrected chi connectivity index (χ0v) is 8.43. The van der Waals surface area contributed by atoms with Gasteiger partial charge in [-0.15, -0.1) is 6.58 Å². The largest absolute Gasteiger partial charge is 0.269 e. The molecule has 0 spiro atoms. The molecule has 1 aromatic rings. The zero-order chi connectivity index (χ0) is 11.0. The van der Waals surface area contributed by atoms with Gasteiger partial charge in [0.15, 0.2) is 0 Å². The Morgan fingerprint density at radius 3 is 2.07 bits per heavy atom. The van der Waals surface area contributed by atoms with E-state index in [1.807, 2.05) is 0 Å². The highest BCUT2D eigenvalue weighted by Crippen LogP contribution is 2.24. The highest BCUT2D eigenvalue weighted by molar-refractivity contribution is 6.21. The van der Waals surface area contributed by atoms with Crippen LogP contribution in [0.1, 0.15) is 27.6 Å². The molecule has 0 radical (unpaired) electrons. The van der Waals surface area contributed by atoms with E-state index in [9.17, 15) is 9.59 Å². The molecular weight excluding hydrogens is 190 g/mol. The Kier molecular flexibility index (Phi) is 2.15. The lowest BCUT2D eigenvalue weighted by Crippen LogP contribution is -2.36. The number of imide groups is 1. The van der Waals surface area contributed by atoms with Crippen LogP contribution in [0.5, 0.6) is 0 Å². The maximum Gasteiger partial charge on any atom is 0.262 e. The van der Waals surface area contributed by atoms with Crippen LogP contribution in [0.4, 0.5) is 0 Å². The molecular formula is C12H11NO2. The Bertz CT molecular complexity index is 416. The zero-order valence-electron chi connectivity index (χ0n) is 8.43. The highest BCUT2D eigenvalue weighted by Gasteiger charge is 2.36. The molecule has 1 heterocycles. The molecule has 0 aromatic heterocycles. The number of hydrogen-bond acceptors (Lipinski definition) is 2. The van der Waals surface area contributed by atoms with Crippen molar-refractivity contribution in [3.8, 4) is 0 Å². The molecule has 0 bridgehead atoms. The molecule has 3 heteroatoms. The summed E-state index contributed by atoms with van der Waals surface area (Å²) in [4.78, 5) is 25.0. The first-order valence-corrected chi connectivity index (χ1v) is 4.76. The summed E-state index contributed by atoms with van der Waals surface area (Å²) in [6, 6.07) is 6.59. The van der Waals surface area contributed by atoms with Gasteiger partial charge in [-0.1, -0.05) is 18.2 Å². The monoisotopic (exact) mass is 201 g/mol. The van der Waals surface area contributed by atoms with Crippen LogP contribution in [0.2, 0.25) is 0 Å². The van der Waals surface area contributed by atoms with Gasteiger partial charge in [-0.25, -0.2) is 0 Å². The topological polar surface area (TPSA) is 37.4 Å². The van der Waals surface area contributed by atoms with Crippen molar-refractivity contribution in [3.05, 3.63) is 48.0 Å². The number of hydrogen-bond donors (Lipinski definition) is 0. The summed E-state index contributed by atoms with van der Waals surface area (Å²) < 4.78 is 0. The van der Waals surface area contributed by atoms with Gasteiger partial charge < -0.3 is 0 Å². The first-order chi connectivity index (χ1) is 7.16. The predicted molar refractivity (Wildman–Crippen MR) is 56.6 cm³/mol. The average Bonchev–Trinajstić information content (AvgIpc) is 2.52. The first-order valence-electron chi connectivity index (χ1n) is 4.76. The second-order valence-corrected chi connectivity index (χ2v) is 3.50. The van der Waals surface area contributed by atoms with E-state index >= 15 is 0 Å². The summed E-state index contributed by atoms with van der Waals surface area (Å²) in [6.45, 7) is 5.36. The fourth-order valence-corrected chi connectivity index (χ4v) is 1.68. The molecule has 1 atom stereocenters. The number of carbonyl (C=O) groups is 2. The normalized spacial score (nSPS) is 16.5. The molecule has 1 aliphatic heterocycles. The van der Waals surface area contributed by atoms with Crippen LogP contribution in [-0.4, -0.2) is 22.8 Å². The van der Waals surface area contributed by atoms with Crippen molar-refractivity contribution in [2.75, 3.05) is 0 Å². The van der Waals surface area contributed by atoms with Crippen molar-refractivity contribution in [2.24, 2.45) is 0 Å². The van der Waals surface area contributed by atoms with Crippen LogP contribution in [-0.2, 0) is 0 Å². The van der Waals surface area contributed by atoms with E-state index in [0.29, 0.717) is 11.1 Å². The number of benzene rings is 1. The molecule has 0 N–H and O–H groups in total. The molecule has 1 aromatic carbocycles. The summed E-state index contributed by atoms with van der Waals surface area (Å²) in [7, 11) is 0. The minimum Gasteiger partial charge on any atom is -0.269 e. The number of carbonyl (C=O) groups excluding carboxylic acids is 2. The van der Waals surface area contributed by atoms with Crippen molar-refractivity contribution >= 4 is 11.8 Å². The number of nitrogens with zero attached hydrogens (tertiary/aromatic N) is 1. The van der Waals surface area contributed by atoms with Gasteiger partial charge in [0.1, 0.15) is 0 Å². The summed E-state index contributed by atoms with van der Waals surface area (Å²) in [5.41, 5.74) is 0.965. The molecule has 0 fully saturated rings. The van der Waals surface area contributed by atoms with E-state index in [0.717, 1.165) is 0 Å². The second kappa shape index (κ2) is 3.35. The molecule has 3 nitrogen and oxygen atoms in total. The fraction of sp³-hybridized carbons (Fsp3) is 0.167. The summed E-state index contributed by atoms with van der Waals surface area (Å²) in [5, 5.41) is 0. The molecule has 15 heavy (non-hydrogen) atoms. The van der Waals surface area contributed by atoms with Gasteiger partial charge in [0.05, 0.1) is 17.2 Å². The molecule has 2 rings (SSSR count). The van der Waals surface area contributed by atoms with Gasteiger partial charge in [0.25, 0.3) is 11.8 Å². The van der Waals surface area contributed by atoms with Crippen molar-refractivity contribution in [2.45, 2.75) is 13.0 Å². The lowest BCUT2D eigenvalue weighted by Gasteiger charge is -2.18. The van der Waals surface area contributed by atoms with Crippen LogP contribution in [0.15, 0.2) is 36.9 Å². The van der Waals surface area contributed by atoms with Gasteiger partial charge >= 0.3 is 0 Å². The third kappa shape index (κ3) is 1.28. The fourth-order valence-electron chi connectivity index (χ4n) is 1.68. The van der Waals surface area contributed by atoms with Crippen LogP contribution < -0.4 is 0 Å². The minimum absolute atomic E-state index is 0.233. The Morgan fingerprint density at radius 1 is 1.20 bits per heavy atom.